The Bertz CT molecular complexity index is 382. The van der Waals surface area contributed by atoms with Gasteiger partial charge in [0.1, 0.15) is 11.9 Å². The van der Waals surface area contributed by atoms with Crippen molar-refractivity contribution in [1.82, 2.24) is 4.90 Å². The lowest BCUT2D eigenvalue weighted by atomic mass is 10.0. The van der Waals surface area contributed by atoms with E-state index in [1.807, 2.05) is 6.07 Å². The van der Waals surface area contributed by atoms with Crippen molar-refractivity contribution in [3.8, 4) is 0 Å². The molecule has 3 atom stereocenters. The second kappa shape index (κ2) is 8.54. The predicted molar refractivity (Wildman–Crippen MR) is 80.0 cm³/mol. The molecule has 1 aliphatic heterocycles. The summed E-state index contributed by atoms with van der Waals surface area (Å²) in [5, 5.41) is 20.3. The van der Waals surface area contributed by atoms with Crippen molar-refractivity contribution in [2.45, 2.75) is 50.4 Å². The van der Waals surface area contributed by atoms with E-state index < -0.39 is 12.2 Å². The van der Waals surface area contributed by atoms with Gasteiger partial charge >= 0.3 is 0 Å². The van der Waals surface area contributed by atoms with E-state index in [1.54, 1.807) is 19.4 Å². The Morgan fingerprint density at radius 2 is 2.24 bits per heavy atom. The van der Waals surface area contributed by atoms with Gasteiger partial charge in [0.05, 0.1) is 19.0 Å². The molecule has 0 saturated carbocycles. The number of hydrogen-bond acceptors (Lipinski definition) is 5. The second-order valence-electron chi connectivity index (χ2n) is 5.87. The minimum atomic E-state index is -0.579. The fourth-order valence-electron chi connectivity index (χ4n) is 3.11. The smallest absolute Gasteiger partial charge is 0.132 e. The molecule has 1 fully saturated rings. The largest absolute Gasteiger partial charge is 0.467 e. The lowest BCUT2D eigenvalue weighted by Crippen LogP contribution is -2.42. The summed E-state index contributed by atoms with van der Waals surface area (Å²) in [4.78, 5) is 2.29. The molecule has 120 valence electrons. The quantitative estimate of drug-likeness (QED) is 0.805. The van der Waals surface area contributed by atoms with Crippen LogP contribution in [0.3, 0.4) is 0 Å². The van der Waals surface area contributed by atoms with E-state index in [9.17, 15) is 10.2 Å². The molecule has 2 rings (SSSR count). The first-order valence-electron chi connectivity index (χ1n) is 7.83. The van der Waals surface area contributed by atoms with Crippen LogP contribution in [0.4, 0.5) is 0 Å². The van der Waals surface area contributed by atoms with Gasteiger partial charge in [0.2, 0.25) is 0 Å². The lowest BCUT2D eigenvalue weighted by Gasteiger charge is -2.32. The molecular formula is C16H27NO4. The highest BCUT2D eigenvalue weighted by molar-refractivity contribution is 5.02. The average Bonchev–Trinajstić information content (AvgIpc) is 2.91. The third-order valence-corrected chi connectivity index (χ3v) is 4.17. The number of furan rings is 1. The molecule has 5 nitrogen and oxygen atoms in total. The maximum Gasteiger partial charge on any atom is 0.132 e. The second-order valence-corrected chi connectivity index (χ2v) is 5.87. The number of hydrogen-bond donors (Lipinski definition) is 2. The molecule has 0 aliphatic carbocycles. The van der Waals surface area contributed by atoms with Crippen molar-refractivity contribution in [2.24, 2.45) is 0 Å². The summed E-state index contributed by atoms with van der Waals surface area (Å²) in [7, 11) is 1.60. The Kier molecular flexibility index (Phi) is 6.70. The highest BCUT2D eigenvalue weighted by Crippen LogP contribution is 2.26. The number of likely N-dealkylation sites (tertiary alicyclic amines) is 1. The average molecular weight is 297 g/mol. The van der Waals surface area contributed by atoms with Crippen molar-refractivity contribution in [3.63, 3.8) is 0 Å². The minimum Gasteiger partial charge on any atom is -0.467 e. The Labute approximate surface area is 126 Å². The Balaban J connectivity index is 1.94. The van der Waals surface area contributed by atoms with Crippen molar-refractivity contribution in [1.29, 1.82) is 0 Å². The molecule has 0 aromatic carbocycles. The van der Waals surface area contributed by atoms with Crippen molar-refractivity contribution < 1.29 is 19.4 Å². The van der Waals surface area contributed by atoms with Crippen LogP contribution < -0.4 is 0 Å². The summed E-state index contributed by atoms with van der Waals surface area (Å²) >= 11 is 0. The number of nitrogens with zero attached hydrogens (tertiary/aromatic N) is 1. The summed E-state index contributed by atoms with van der Waals surface area (Å²) in [6.45, 7) is 1.92. The van der Waals surface area contributed by atoms with Crippen LogP contribution in [0.2, 0.25) is 0 Å². The van der Waals surface area contributed by atoms with E-state index in [-0.39, 0.29) is 6.04 Å². The highest BCUT2D eigenvalue weighted by Gasteiger charge is 2.26. The predicted octanol–water partition coefficient (Wildman–Crippen LogP) is 1.96. The van der Waals surface area contributed by atoms with Gasteiger partial charge in [-0.15, -0.1) is 0 Å². The van der Waals surface area contributed by atoms with Crippen molar-refractivity contribution in [2.75, 3.05) is 26.8 Å². The fraction of sp³-hybridized carbons (Fsp3) is 0.750. The van der Waals surface area contributed by atoms with E-state index >= 15 is 0 Å². The molecule has 1 aliphatic rings. The van der Waals surface area contributed by atoms with Crippen LogP contribution >= 0.6 is 0 Å². The van der Waals surface area contributed by atoms with Gasteiger partial charge in [0, 0.05) is 19.7 Å². The topological polar surface area (TPSA) is 66.1 Å². The van der Waals surface area contributed by atoms with Gasteiger partial charge in [-0.1, -0.05) is 12.8 Å². The molecule has 0 amide bonds. The Hall–Kier alpha value is -0.880. The molecule has 21 heavy (non-hydrogen) atoms. The van der Waals surface area contributed by atoms with E-state index in [4.69, 9.17) is 9.15 Å². The van der Waals surface area contributed by atoms with Crippen LogP contribution in [0.5, 0.6) is 0 Å². The number of aliphatic hydroxyl groups is 2. The van der Waals surface area contributed by atoms with Crippen LogP contribution in [-0.2, 0) is 4.74 Å². The molecule has 2 heterocycles. The molecule has 1 aromatic rings. The van der Waals surface area contributed by atoms with E-state index in [0.29, 0.717) is 25.3 Å². The van der Waals surface area contributed by atoms with Crippen LogP contribution in [0.15, 0.2) is 22.8 Å². The SMILES string of the molecule is COC[C@H](O)CN1CCCCC[C@@H]1C[C@H](O)c1ccco1. The molecule has 0 unspecified atom stereocenters. The zero-order chi connectivity index (χ0) is 15.1. The fourth-order valence-corrected chi connectivity index (χ4v) is 3.11. The molecule has 1 saturated heterocycles. The number of rotatable bonds is 7. The van der Waals surface area contributed by atoms with Gasteiger partial charge in [-0.25, -0.2) is 0 Å². The van der Waals surface area contributed by atoms with E-state index in [2.05, 4.69) is 4.90 Å². The van der Waals surface area contributed by atoms with Gasteiger partial charge in [-0.2, -0.15) is 0 Å². The summed E-state index contributed by atoms with van der Waals surface area (Å²) in [6, 6.07) is 3.89. The first-order valence-corrected chi connectivity index (χ1v) is 7.83. The van der Waals surface area contributed by atoms with Crippen molar-refractivity contribution >= 4 is 0 Å². The van der Waals surface area contributed by atoms with Gasteiger partial charge in [0.25, 0.3) is 0 Å². The Morgan fingerprint density at radius 1 is 1.38 bits per heavy atom. The lowest BCUT2D eigenvalue weighted by molar-refractivity contribution is 0.0161. The van der Waals surface area contributed by atoms with Crippen LogP contribution in [0.1, 0.15) is 44.0 Å². The number of aliphatic hydroxyl groups excluding tert-OH is 2. The van der Waals surface area contributed by atoms with Gasteiger partial charge in [0.15, 0.2) is 0 Å². The zero-order valence-electron chi connectivity index (χ0n) is 12.8. The first kappa shape index (κ1) is 16.5. The van der Waals surface area contributed by atoms with Crippen LogP contribution in [-0.4, -0.2) is 54.1 Å². The third kappa shape index (κ3) is 5.11. The monoisotopic (exact) mass is 297 g/mol. The summed E-state index contributed by atoms with van der Waals surface area (Å²) in [5.74, 6) is 0.622. The third-order valence-electron chi connectivity index (χ3n) is 4.17. The van der Waals surface area contributed by atoms with Gasteiger partial charge in [-0.05, 0) is 37.9 Å². The molecule has 0 radical (unpaired) electrons. The van der Waals surface area contributed by atoms with Crippen molar-refractivity contribution in [3.05, 3.63) is 24.2 Å². The Morgan fingerprint density at radius 3 is 2.95 bits per heavy atom. The molecule has 0 spiro atoms. The molecule has 1 aromatic heterocycles. The number of β-amino-alcohol motifs (C(OH)–C–C–N with tert-alkyl or cyclic N) is 1. The van der Waals surface area contributed by atoms with E-state index in [1.165, 1.54) is 12.8 Å². The standard InChI is InChI=1S/C16H27NO4/c1-20-12-14(18)11-17-8-4-2-3-6-13(17)10-15(19)16-7-5-9-21-16/h5,7,9,13-15,18-19H,2-4,6,8,10-12H2,1H3/t13-,14-,15+/m1/s1. The van der Waals surface area contributed by atoms with Crippen LogP contribution in [0, 0.1) is 0 Å². The maximum atomic E-state index is 10.3. The normalized spacial score (nSPS) is 23.7. The summed E-state index contributed by atoms with van der Waals surface area (Å²) in [6.07, 6.45) is 5.77. The molecule has 0 bridgehead atoms. The van der Waals surface area contributed by atoms with Gasteiger partial charge < -0.3 is 19.4 Å². The van der Waals surface area contributed by atoms with Crippen LogP contribution in [0.25, 0.3) is 0 Å². The van der Waals surface area contributed by atoms with E-state index in [0.717, 1.165) is 19.4 Å². The zero-order valence-corrected chi connectivity index (χ0v) is 12.8. The van der Waals surface area contributed by atoms with Gasteiger partial charge in [-0.3, -0.25) is 4.90 Å². The number of ether oxygens (including phenoxy) is 1. The first-order chi connectivity index (χ1) is 10.2. The minimum absolute atomic E-state index is 0.277. The summed E-state index contributed by atoms with van der Waals surface area (Å²) < 4.78 is 10.3. The summed E-state index contributed by atoms with van der Waals surface area (Å²) in [5.41, 5.74) is 0. The molecule has 2 N–H and O–H groups in total. The highest BCUT2D eigenvalue weighted by atomic mass is 16.5. The number of methoxy groups -OCH3 is 1. The molecule has 5 heteroatoms. The maximum absolute atomic E-state index is 10.3. The molecular weight excluding hydrogens is 270 g/mol.